The van der Waals surface area contributed by atoms with Gasteiger partial charge in [-0.3, -0.25) is 9.59 Å². The maximum absolute atomic E-state index is 13.2. The molecule has 0 saturated carbocycles. The smallest absolute Gasteiger partial charge is 0.256 e. The molecule has 0 aliphatic rings. The number of nitrogens with one attached hydrogen (secondary N) is 1. The third-order valence-electron chi connectivity index (χ3n) is 3.98. The van der Waals surface area contributed by atoms with Gasteiger partial charge in [0.25, 0.3) is 5.91 Å². The summed E-state index contributed by atoms with van der Waals surface area (Å²) in [5.41, 5.74) is 0.551. The van der Waals surface area contributed by atoms with Crippen LogP contribution in [0.4, 0.5) is 4.39 Å². The zero-order chi connectivity index (χ0) is 18.5. The summed E-state index contributed by atoms with van der Waals surface area (Å²) < 4.78 is 14.8. The molecule has 2 aromatic heterocycles. The molecule has 0 atom stereocenters. The van der Waals surface area contributed by atoms with Crippen LogP contribution in [0, 0.1) is 5.82 Å². The molecule has 1 amide bonds. The van der Waals surface area contributed by atoms with Gasteiger partial charge in [0.2, 0.25) is 5.43 Å². The molecule has 0 radical (unpaired) electrons. The number of rotatable bonds is 6. The van der Waals surface area contributed by atoms with Gasteiger partial charge in [0, 0.05) is 31.2 Å². The minimum atomic E-state index is -0.491. The molecule has 3 aromatic rings. The highest BCUT2D eigenvalue weighted by Gasteiger charge is 2.16. The predicted molar refractivity (Wildman–Crippen MR) is 96.0 cm³/mol. The molecule has 2 heterocycles. The van der Waals surface area contributed by atoms with E-state index in [1.165, 1.54) is 18.3 Å². The van der Waals surface area contributed by atoms with Gasteiger partial charge in [-0.25, -0.2) is 9.37 Å². The maximum atomic E-state index is 13.2. The first-order chi connectivity index (χ1) is 12.6. The van der Waals surface area contributed by atoms with Crippen molar-refractivity contribution in [3.63, 3.8) is 0 Å². The van der Waals surface area contributed by atoms with Crippen LogP contribution in [-0.2, 0) is 0 Å². The molecule has 0 aliphatic carbocycles. The molecule has 0 aliphatic heterocycles. The molecule has 2 N–H and O–H groups in total. The predicted octanol–water partition coefficient (Wildman–Crippen LogP) is 2.03. The molecule has 0 bridgehead atoms. The first kappa shape index (κ1) is 17.8. The van der Waals surface area contributed by atoms with E-state index in [2.05, 4.69) is 10.3 Å². The lowest BCUT2D eigenvalue weighted by atomic mass is 10.1. The number of fused-ring (bicyclic) bond motifs is 1. The van der Waals surface area contributed by atoms with Crippen molar-refractivity contribution >= 4 is 16.9 Å². The number of hydrogen-bond donors (Lipinski definition) is 2. The van der Waals surface area contributed by atoms with Gasteiger partial charge in [-0.1, -0.05) is 0 Å². The number of carbonyl (C=O) groups is 1. The first-order valence-electron chi connectivity index (χ1n) is 8.27. The Hall–Kier alpha value is -3.06. The third-order valence-corrected chi connectivity index (χ3v) is 3.98. The van der Waals surface area contributed by atoms with E-state index in [-0.39, 0.29) is 18.0 Å². The van der Waals surface area contributed by atoms with Gasteiger partial charge in [-0.05, 0) is 49.2 Å². The molecule has 0 spiro atoms. The Balaban J connectivity index is 2.07. The zero-order valence-electron chi connectivity index (χ0n) is 14.0. The van der Waals surface area contributed by atoms with Gasteiger partial charge in [0.05, 0.1) is 5.39 Å². The molecule has 7 heteroatoms. The van der Waals surface area contributed by atoms with Crippen molar-refractivity contribution in [3.8, 4) is 5.69 Å². The summed E-state index contributed by atoms with van der Waals surface area (Å²) in [6.45, 7) is 0.412. The molecular weight excluding hydrogens is 337 g/mol. The lowest BCUT2D eigenvalue weighted by Gasteiger charge is -2.13. The van der Waals surface area contributed by atoms with Gasteiger partial charge in [0.15, 0.2) is 0 Å². The third kappa shape index (κ3) is 3.62. The lowest BCUT2D eigenvalue weighted by Crippen LogP contribution is -2.30. The number of aromatic nitrogens is 2. The molecule has 0 fully saturated rings. The zero-order valence-corrected chi connectivity index (χ0v) is 14.0. The molecule has 134 valence electrons. The van der Waals surface area contributed by atoms with Gasteiger partial charge >= 0.3 is 0 Å². The SMILES string of the molecule is O=C(NCCCCO)c1cn(-c2ccc(F)cc2)c2ncccc2c1=O. The fourth-order valence-corrected chi connectivity index (χ4v) is 2.65. The van der Waals surface area contributed by atoms with E-state index in [0.29, 0.717) is 36.1 Å². The Kier molecular flexibility index (Phi) is 5.38. The topological polar surface area (TPSA) is 84.2 Å². The summed E-state index contributed by atoms with van der Waals surface area (Å²) in [4.78, 5) is 29.4. The van der Waals surface area contributed by atoms with E-state index in [4.69, 9.17) is 5.11 Å². The minimum Gasteiger partial charge on any atom is -0.396 e. The van der Waals surface area contributed by atoms with Crippen molar-refractivity contribution in [1.82, 2.24) is 14.9 Å². The van der Waals surface area contributed by atoms with Crippen LogP contribution in [0.1, 0.15) is 23.2 Å². The Bertz CT molecular complexity index is 983. The number of hydrogen-bond acceptors (Lipinski definition) is 4. The van der Waals surface area contributed by atoms with Crippen molar-refractivity contribution in [2.45, 2.75) is 12.8 Å². The number of benzene rings is 1. The van der Waals surface area contributed by atoms with E-state index in [9.17, 15) is 14.0 Å². The summed E-state index contributed by atoms with van der Waals surface area (Å²) in [6, 6.07) is 8.94. The molecule has 0 saturated heterocycles. The average Bonchev–Trinajstić information content (AvgIpc) is 2.66. The standard InChI is InChI=1S/C19H18FN3O3/c20-13-5-7-14(8-6-13)23-12-16(19(26)22-9-1-2-11-24)17(25)15-4-3-10-21-18(15)23/h3-8,10,12,24H,1-2,9,11H2,(H,22,26). The number of amides is 1. The highest BCUT2D eigenvalue weighted by molar-refractivity contribution is 5.97. The number of aliphatic hydroxyl groups excluding tert-OH is 1. The largest absolute Gasteiger partial charge is 0.396 e. The fraction of sp³-hybridized carbons (Fsp3) is 0.211. The Labute approximate surface area is 148 Å². The summed E-state index contributed by atoms with van der Waals surface area (Å²) in [6.07, 6.45) is 4.16. The fourth-order valence-electron chi connectivity index (χ4n) is 2.65. The summed E-state index contributed by atoms with van der Waals surface area (Å²) in [5.74, 6) is -0.872. The van der Waals surface area contributed by atoms with Crippen LogP contribution in [-0.4, -0.2) is 33.7 Å². The molecular formula is C19H18FN3O3. The number of pyridine rings is 2. The number of unbranched alkanes of at least 4 members (excludes halogenated alkanes) is 1. The van der Waals surface area contributed by atoms with Crippen molar-refractivity contribution < 1.29 is 14.3 Å². The van der Waals surface area contributed by atoms with E-state index in [1.54, 1.807) is 35.0 Å². The van der Waals surface area contributed by atoms with Gasteiger partial charge in [0.1, 0.15) is 17.0 Å². The number of carbonyl (C=O) groups excluding carboxylic acids is 1. The van der Waals surface area contributed by atoms with Gasteiger partial charge in [-0.2, -0.15) is 0 Å². The van der Waals surface area contributed by atoms with Crippen LogP contribution in [0.2, 0.25) is 0 Å². The lowest BCUT2D eigenvalue weighted by molar-refractivity contribution is 0.0950. The molecule has 3 rings (SSSR count). The summed E-state index contributed by atoms with van der Waals surface area (Å²) in [7, 11) is 0. The van der Waals surface area contributed by atoms with Crippen LogP contribution in [0.5, 0.6) is 0 Å². The number of halogens is 1. The second-order valence-corrected chi connectivity index (χ2v) is 5.78. The average molecular weight is 355 g/mol. The molecule has 26 heavy (non-hydrogen) atoms. The normalized spacial score (nSPS) is 10.8. The van der Waals surface area contributed by atoms with Crippen molar-refractivity contribution in [3.05, 3.63) is 70.4 Å². The van der Waals surface area contributed by atoms with Crippen LogP contribution in [0.3, 0.4) is 0 Å². The highest BCUT2D eigenvalue weighted by Crippen LogP contribution is 2.16. The van der Waals surface area contributed by atoms with Gasteiger partial charge in [-0.15, -0.1) is 0 Å². The highest BCUT2D eigenvalue weighted by atomic mass is 19.1. The van der Waals surface area contributed by atoms with Crippen LogP contribution in [0.15, 0.2) is 53.6 Å². The maximum Gasteiger partial charge on any atom is 0.256 e. The minimum absolute atomic E-state index is 0.0150. The van der Waals surface area contributed by atoms with Crippen LogP contribution < -0.4 is 10.7 Å². The van der Waals surface area contributed by atoms with Crippen molar-refractivity contribution in [2.24, 2.45) is 0 Å². The Morgan fingerprint density at radius 3 is 2.69 bits per heavy atom. The number of aliphatic hydroxyl groups is 1. The Morgan fingerprint density at radius 2 is 1.96 bits per heavy atom. The van der Waals surface area contributed by atoms with E-state index < -0.39 is 11.3 Å². The molecule has 6 nitrogen and oxygen atoms in total. The first-order valence-corrected chi connectivity index (χ1v) is 8.27. The molecule has 1 aromatic carbocycles. The molecule has 0 unspecified atom stereocenters. The van der Waals surface area contributed by atoms with Crippen molar-refractivity contribution in [1.29, 1.82) is 0 Å². The second kappa shape index (κ2) is 7.88. The summed E-state index contributed by atoms with van der Waals surface area (Å²) >= 11 is 0. The Morgan fingerprint density at radius 1 is 1.19 bits per heavy atom. The second-order valence-electron chi connectivity index (χ2n) is 5.78. The van der Waals surface area contributed by atoms with Crippen molar-refractivity contribution in [2.75, 3.05) is 13.2 Å². The quantitative estimate of drug-likeness (QED) is 0.663. The van der Waals surface area contributed by atoms with E-state index in [1.807, 2.05) is 0 Å². The van der Waals surface area contributed by atoms with E-state index >= 15 is 0 Å². The van der Waals surface area contributed by atoms with E-state index in [0.717, 1.165) is 0 Å². The number of nitrogens with zero attached hydrogens (tertiary/aromatic N) is 2. The monoisotopic (exact) mass is 355 g/mol. The van der Waals surface area contributed by atoms with Gasteiger partial charge < -0.3 is 15.0 Å². The van der Waals surface area contributed by atoms with Crippen LogP contribution in [0.25, 0.3) is 16.7 Å². The summed E-state index contributed by atoms with van der Waals surface area (Å²) in [5, 5.41) is 11.8. The van der Waals surface area contributed by atoms with Crippen LogP contribution >= 0.6 is 0 Å².